The summed E-state index contributed by atoms with van der Waals surface area (Å²) >= 11 is 6.81. The molecule has 0 atom stereocenters. The van der Waals surface area contributed by atoms with Crippen molar-refractivity contribution in [1.82, 2.24) is 15.1 Å². The zero-order valence-electron chi connectivity index (χ0n) is 13.2. The van der Waals surface area contributed by atoms with Crippen LogP contribution in [0.5, 0.6) is 0 Å². The van der Waals surface area contributed by atoms with Gasteiger partial charge in [-0.25, -0.2) is 4.79 Å². The number of carbonyl (C=O) groups excluding carboxylic acids is 1. The SMILES string of the molecule is O=C(NCc1ccc(Cn2cccn2)cc1)Nc1cc(Br)ccc1Br. The Labute approximate surface area is 162 Å². The number of anilines is 1. The van der Waals surface area contributed by atoms with Gasteiger partial charge in [-0.1, -0.05) is 40.2 Å². The monoisotopic (exact) mass is 462 g/mol. The van der Waals surface area contributed by atoms with Gasteiger partial charge in [-0.15, -0.1) is 0 Å². The summed E-state index contributed by atoms with van der Waals surface area (Å²) in [6.45, 7) is 1.19. The second-order valence-corrected chi connectivity index (χ2v) is 7.22. The quantitative estimate of drug-likeness (QED) is 0.572. The van der Waals surface area contributed by atoms with Gasteiger partial charge in [-0.05, 0) is 51.3 Å². The molecule has 2 aromatic carbocycles. The van der Waals surface area contributed by atoms with E-state index < -0.39 is 0 Å². The van der Waals surface area contributed by atoms with Gasteiger partial charge in [0, 0.05) is 27.9 Å². The molecule has 128 valence electrons. The molecule has 7 heteroatoms. The van der Waals surface area contributed by atoms with Gasteiger partial charge in [-0.3, -0.25) is 4.68 Å². The molecular weight excluding hydrogens is 448 g/mol. The highest BCUT2D eigenvalue weighted by atomic mass is 79.9. The van der Waals surface area contributed by atoms with Crippen molar-refractivity contribution in [3.05, 3.63) is 81.0 Å². The lowest BCUT2D eigenvalue weighted by molar-refractivity contribution is 0.251. The van der Waals surface area contributed by atoms with Crippen LogP contribution in [0.4, 0.5) is 10.5 Å². The summed E-state index contributed by atoms with van der Waals surface area (Å²) in [7, 11) is 0. The van der Waals surface area contributed by atoms with Gasteiger partial charge in [0.2, 0.25) is 0 Å². The van der Waals surface area contributed by atoms with E-state index in [-0.39, 0.29) is 6.03 Å². The number of halogens is 2. The van der Waals surface area contributed by atoms with Gasteiger partial charge in [0.1, 0.15) is 0 Å². The van der Waals surface area contributed by atoms with Crippen molar-refractivity contribution in [2.45, 2.75) is 13.1 Å². The van der Waals surface area contributed by atoms with E-state index in [1.54, 1.807) is 6.20 Å². The van der Waals surface area contributed by atoms with E-state index in [1.165, 1.54) is 0 Å². The molecule has 0 aliphatic heterocycles. The Balaban J connectivity index is 1.52. The normalized spacial score (nSPS) is 10.5. The highest BCUT2D eigenvalue weighted by molar-refractivity contribution is 9.11. The standard InChI is InChI=1S/C18H16Br2N4O/c19-15-6-7-16(20)17(10-15)23-18(25)21-11-13-2-4-14(5-3-13)12-24-9-1-8-22-24/h1-10H,11-12H2,(H2,21,23,25). The molecule has 2 amide bonds. The molecule has 0 bridgehead atoms. The van der Waals surface area contributed by atoms with Gasteiger partial charge < -0.3 is 10.6 Å². The van der Waals surface area contributed by atoms with Crippen LogP contribution in [0.2, 0.25) is 0 Å². The summed E-state index contributed by atoms with van der Waals surface area (Å²) in [6, 6.07) is 15.4. The fraction of sp³-hybridized carbons (Fsp3) is 0.111. The van der Waals surface area contributed by atoms with Crippen molar-refractivity contribution in [2.75, 3.05) is 5.32 Å². The predicted octanol–water partition coefficient (Wildman–Crippen LogP) is 4.78. The number of hydrogen-bond acceptors (Lipinski definition) is 2. The largest absolute Gasteiger partial charge is 0.334 e. The molecule has 0 aliphatic carbocycles. The Morgan fingerprint density at radius 1 is 1.08 bits per heavy atom. The second-order valence-electron chi connectivity index (χ2n) is 5.45. The van der Waals surface area contributed by atoms with Crippen molar-refractivity contribution in [1.29, 1.82) is 0 Å². The number of benzene rings is 2. The van der Waals surface area contributed by atoms with Gasteiger partial charge in [0.15, 0.2) is 0 Å². The van der Waals surface area contributed by atoms with Crippen molar-refractivity contribution < 1.29 is 4.79 Å². The molecule has 0 aliphatic rings. The first-order valence-corrected chi connectivity index (χ1v) is 9.24. The molecule has 0 saturated carbocycles. The maximum absolute atomic E-state index is 12.1. The number of urea groups is 1. The average molecular weight is 464 g/mol. The van der Waals surface area contributed by atoms with E-state index in [2.05, 4.69) is 47.6 Å². The van der Waals surface area contributed by atoms with Crippen LogP contribution in [0.1, 0.15) is 11.1 Å². The van der Waals surface area contributed by atoms with Crippen molar-refractivity contribution in [3.63, 3.8) is 0 Å². The smallest absolute Gasteiger partial charge is 0.319 e. The van der Waals surface area contributed by atoms with E-state index in [1.807, 2.05) is 59.4 Å². The molecule has 3 aromatic rings. The molecular formula is C18H16Br2N4O. The fourth-order valence-electron chi connectivity index (χ4n) is 2.29. The minimum atomic E-state index is -0.251. The topological polar surface area (TPSA) is 59.0 Å². The molecule has 3 rings (SSSR count). The molecule has 5 nitrogen and oxygen atoms in total. The Bertz CT molecular complexity index is 848. The van der Waals surface area contributed by atoms with Crippen LogP contribution in [0.25, 0.3) is 0 Å². The molecule has 0 fully saturated rings. The van der Waals surface area contributed by atoms with E-state index >= 15 is 0 Å². The molecule has 1 heterocycles. The van der Waals surface area contributed by atoms with Gasteiger partial charge in [0.25, 0.3) is 0 Å². The molecule has 2 N–H and O–H groups in total. The lowest BCUT2D eigenvalue weighted by Crippen LogP contribution is -2.28. The van der Waals surface area contributed by atoms with Crippen LogP contribution in [0.15, 0.2) is 69.9 Å². The molecule has 25 heavy (non-hydrogen) atoms. The van der Waals surface area contributed by atoms with Crippen molar-refractivity contribution in [2.24, 2.45) is 0 Å². The number of hydrogen-bond donors (Lipinski definition) is 2. The number of amides is 2. The Kier molecular flexibility index (Phi) is 5.88. The fourth-order valence-corrected chi connectivity index (χ4v) is 2.99. The van der Waals surface area contributed by atoms with E-state index in [0.717, 1.165) is 26.6 Å². The highest BCUT2D eigenvalue weighted by Crippen LogP contribution is 2.26. The highest BCUT2D eigenvalue weighted by Gasteiger charge is 2.06. The average Bonchev–Trinajstić information content (AvgIpc) is 3.10. The summed E-state index contributed by atoms with van der Waals surface area (Å²) in [4.78, 5) is 12.1. The van der Waals surface area contributed by atoms with Crippen LogP contribution >= 0.6 is 31.9 Å². The number of aromatic nitrogens is 2. The van der Waals surface area contributed by atoms with Crippen LogP contribution in [-0.4, -0.2) is 15.8 Å². The van der Waals surface area contributed by atoms with E-state index in [0.29, 0.717) is 12.2 Å². The first-order chi connectivity index (χ1) is 12.1. The van der Waals surface area contributed by atoms with Crippen LogP contribution in [0.3, 0.4) is 0 Å². The number of nitrogens with zero attached hydrogens (tertiary/aromatic N) is 2. The van der Waals surface area contributed by atoms with Crippen LogP contribution in [0, 0.1) is 0 Å². The zero-order valence-corrected chi connectivity index (χ0v) is 16.4. The van der Waals surface area contributed by atoms with E-state index in [4.69, 9.17) is 0 Å². The van der Waals surface area contributed by atoms with Crippen LogP contribution in [-0.2, 0) is 13.1 Å². The summed E-state index contributed by atoms with van der Waals surface area (Å²) in [5, 5.41) is 9.87. The van der Waals surface area contributed by atoms with Gasteiger partial charge in [-0.2, -0.15) is 5.10 Å². The number of carbonyl (C=O) groups is 1. The first-order valence-electron chi connectivity index (χ1n) is 7.65. The van der Waals surface area contributed by atoms with Crippen molar-refractivity contribution in [3.8, 4) is 0 Å². The summed E-state index contributed by atoms with van der Waals surface area (Å²) < 4.78 is 3.60. The Morgan fingerprint density at radius 3 is 2.56 bits per heavy atom. The first kappa shape index (κ1) is 17.7. The Morgan fingerprint density at radius 2 is 1.84 bits per heavy atom. The number of nitrogens with one attached hydrogen (secondary N) is 2. The third-order valence-corrected chi connectivity index (χ3v) is 4.74. The zero-order chi connectivity index (χ0) is 17.6. The maximum atomic E-state index is 12.1. The van der Waals surface area contributed by atoms with Gasteiger partial charge >= 0.3 is 6.03 Å². The Hall–Kier alpha value is -2.12. The minimum absolute atomic E-state index is 0.251. The second kappa shape index (κ2) is 8.31. The maximum Gasteiger partial charge on any atom is 0.319 e. The third-order valence-electron chi connectivity index (χ3n) is 3.56. The number of rotatable bonds is 5. The molecule has 1 aromatic heterocycles. The molecule has 0 radical (unpaired) electrons. The third kappa shape index (κ3) is 5.17. The van der Waals surface area contributed by atoms with Gasteiger partial charge in [0.05, 0.1) is 12.2 Å². The van der Waals surface area contributed by atoms with E-state index in [9.17, 15) is 4.79 Å². The minimum Gasteiger partial charge on any atom is -0.334 e. The summed E-state index contributed by atoms with van der Waals surface area (Å²) in [5.41, 5.74) is 2.91. The lowest BCUT2D eigenvalue weighted by atomic mass is 10.1. The molecule has 0 spiro atoms. The summed E-state index contributed by atoms with van der Waals surface area (Å²) in [6.07, 6.45) is 3.69. The predicted molar refractivity (Wildman–Crippen MR) is 105 cm³/mol. The molecule has 0 unspecified atom stereocenters. The van der Waals surface area contributed by atoms with Crippen molar-refractivity contribution >= 4 is 43.6 Å². The molecule has 0 saturated heterocycles. The lowest BCUT2D eigenvalue weighted by Gasteiger charge is -2.10. The van der Waals surface area contributed by atoms with Crippen LogP contribution < -0.4 is 10.6 Å². The summed E-state index contributed by atoms with van der Waals surface area (Å²) in [5.74, 6) is 0.